The molecule has 2 heterocycles. The number of benzene rings is 2. The first-order valence-electron chi connectivity index (χ1n) is 7.40. The third-order valence-electron chi connectivity index (χ3n) is 3.96. The van der Waals surface area contributed by atoms with E-state index in [4.69, 9.17) is 20.4 Å². The van der Waals surface area contributed by atoms with Crippen molar-refractivity contribution >= 4 is 33.5 Å². The predicted molar refractivity (Wildman–Crippen MR) is 92.1 cm³/mol. The molecule has 0 unspecified atom stereocenters. The molecule has 2 aromatic heterocycles. The highest BCUT2D eigenvalue weighted by Gasteiger charge is 2.13. The molecule has 0 spiro atoms. The number of fused-ring (bicyclic) bond motifs is 2. The minimum Gasteiger partial charge on any atom is -0.456 e. The Labute approximate surface area is 137 Å². The molecule has 0 fully saturated rings. The van der Waals surface area contributed by atoms with Crippen molar-refractivity contribution in [2.24, 2.45) is 0 Å². The first kappa shape index (κ1) is 14.1. The minimum atomic E-state index is -0.393. The van der Waals surface area contributed by atoms with E-state index in [2.05, 4.69) is 6.92 Å². The van der Waals surface area contributed by atoms with E-state index in [1.54, 1.807) is 6.07 Å². The van der Waals surface area contributed by atoms with Gasteiger partial charge in [0.1, 0.15) is 16.9 Å². The summed E-state index contributed by atoms with van der Waals surface area (Å²) < 4.78 is 11.2. The third kappa shape index (κ3) is 2.43. The summed E-state index contributed by atoms with van der Waals surface area (Å²) in [6.45, 7) is 2.09. The molecule has 4 heteroatoms. The molecule has 114 valence electrons. The summed E-state index contributed by atoms with van der Waals surface area (Å²) in [5, 5.41) is 2.42. The van der Waals surface area contributed by atoms with Crippen LogP contribution in [0.1, 0.15) is 12.5 Å². The molecule has 2 aromatic carbocycles. The van der Waals surface area contributed by atoms with Crippen molar-refractivity contribution in [1.82, 2.24) is 0 Å². The summed E-state index contributed by atoms with van der Waals surface area (Å²) in [6, 6.07) is 14.7. The zero-order valence-electron chi connectivity index (χ0n) is 12.4. The minimum absolute atomic E-state index is 0.393. The molecule has 4 rings (SSSR count). The van der Waals surface area contributed by atoms with Crippen molar-refractivity contribution in [3.05, 3.63) is 69.5 Å². The maximum atomic E-state index is 11.9. The number of halogens is 1. The van der Waals surface area contributed by atoms with Crippen LogP contribution in [0.3, 0.4) is 0 Å². The Bertz CT molecular complexity index is 1090. The van der Waals surface area contributed by atoms with E-state index in [1.807, 2.05) is 36.4 Å². The molecule has 0 saturated carbocycles. The first-order chi connectivity index (χ1) is 11.1. The standard InChI is InChI=1S/C19H13ClO3/c1-2-11-3-5-17-14(7-11)15(10-19(21)23-17)18-9-12-8-13(20)4-6-16(12)22-18/h3-10H,2H2,1H3. The molecule has 23 heavy (non-hydrogen) atoms. The van der Waals surface area contributed by atoms with Gasteiger partial charge in [-0.3, -0.25) is 0 Å². The molecule has 0 saturated heterocycles. The summed E-state index contributed by atoms with van der Waals surface area (Å²) in [5.41, 5.74) is 2.81. The van der Waals surface area contributed by atoms with E-state index < -0.39 is 5.63 Å². The molecule has 0 radical (unpaired) electrons. The van der Waals surface area contributed by atoms with Crippen LogP contribution in [0.15, 0.2) is 62.2 Å². The van der Waals surface area contributed by atoms with Gasteiger partial charge in [0.05, 0.1) is 0 Å². The number of aryl methyl sites for hydroxylation is 1. The Kier molecular flexibility index (Phi) is 3.24. The first-order valence-corrected chi connectivity index (χ1v) is 7.78. The quantitative estimate of drug-likeness (QED) is 0.462. The van der Waals surface area contributed by atoms with E-state index in [0.717, 1.165) is 28.3 Å². The lowest BCUT2D eigenvalue weighted by Crippen LogP contribution is -1.98. The van der Waals surface area contributed by atoms with Gasteiger partial charge >= 0.3 is 5.63 Å². The average Bonchev–Trinajstić information content (AvgIpc) is 2.96. The topological polar surface area (TPSA) is 43.4 Å². The normalized spacial score (nSPS) is 11.4. The number of hydrogen-bond acceptors (Lipinski definition) is 3. The fourth-order valence-corrected chi connectivity index (χ4v) is 2.96. The molecule has 0 aliphatic heterocycles. The van der Waals surface area contributed by atoms with E-state index >= 15 is 0 Å². The van der Waals surface area contributed by atoms with Crippen LogP contribution >= 0.6 is 11.6 Å². The second-order valence-corrected chi connectivity index (χ2v) is 5.89. The molecular weight excluding hydrogens is 312 g/mol. The van der Waals surface area contributed by atoms with Gasteiger partial charge < -0.3 is 8.83 Å². The van der Waals surface area contributed by atoms with Gasteiger partial charge in [-0.05, 0) is 48.4 Å². The second-order valence-electron chi connectivity index (χ2n) is 5.46. The molecule has 0 amide bonds. The zero-order chi connectivity index (χ0) is 16.0. The van der Waals surface area contributed by atoms with Crippen LogP contribution in [-0.2, 0) is 6.42 Å². The Balaban J connectivity index is 2.03. The Morgan fingerprint density at radius 1 is 0.957 bits per heavy atom. The summed E-state index contributed by atoms with van der Waals surface area (Å²) in [6.07, 6.45) is 0.907. The highest BCUT2D eigenvalue weighted by molar-refractivity contribution is 6.31. The monoisotopic (exact) mass is 324 g/mol. The predicted octanol–water partition coefficient (Wildman–Crippen LogP) is 5.42. The molecular formula is C19H13ClO3. The largest absolute Gasteiger partial charge is 0.456 e. The van der Waals surface area contributed by atoms with Gasteiger partial charge in [-0.25, -0.2) is 4.79 Å². The fourth-order valence-electron chi connectivity index (χ4n) is 2.78. The van der Waals surface area contributed by atoms with E-state index in [0.29, 0.717) is 16.4 Å². The van der Waals surface area contributed by atoms with E-state index in [9.17, 15) is 4.79 Å². The average molecular weight is 325 g/mol. The summed E-state index contributed by atoms with van der Waals surface area (Å²) in [5.74, 6) is 0.633. The van der Waals surface area contributed by atoms with Gasteiger partial charge in [-0.1, -0.05) is 24.6 Å². The summed E-state index contributed by atoms with van der Waals surface area (Å²) in [4.78, 5) is 11.9. The zero-order valence-corrected chi connectivity index (χ0v) is 13.2. The molecule has 0 bridgehead atoms. The van der Waals surface area contributed by atoms with Gasteiger partial charge in [-0.15, -0.1) is 0 Å². The van der Waals surface area contributed by atoms with E-state index in [-0.39, 0.29) is 0 Å². The molecule has 0 atom stereocenters. The SMILES string of the molecule is CCc1ccc2oc(=O)cc(-c3cc4cc(Cl)ccc4o3)c2c1. The highest BCUT2D eigenvalue weighted by atomic mass is 35.5. The maximum absolute atomic E-state index is 11.9. The number of rotatable bonds is 2. The van der Waals surface area contributed by atoms with Crippen molar-refractivity contribution in [3.8, 4) is 11.3 Å². The molecule has 0 aliphatic carbocycles. The van der Waals surface area contributed by atoms with Crippen LogP contribution in [0.4, 0.5) is 0 Å². The van der Waals surface area contributed by atoms with Crippen LogP contribution in [0, 0.1) is 0 Å². The Morgan fingerprint density at radius 2 is 1.78 bits per heavy atom. The van der Waals surface area contributed by atoms with E-state index in [1.165, 1.54) is 11.6 Å². The maximum Gasteiger partial charge on any atom is 0.336 e. The van der Waals surface area contributed by atoms with Crippen molar-refractivity contribution in [3.63, 3.8) is 0 Å². The summed E-state index contributed by atoms with van der Waals surface area (Å²) in [7, 11) is 0. The van der Waals surface area contributed by atoms with Crippen molar-refractivity contribution in [1.29, 1.82) is 0 Å². The molecule has 4 aromatic rings. The smallest absolute Gasteiger partial charge is 0.336 e. The van der Waals surface area contributed by atoms with Gasteiger partial charge in [-0.2, -0.15) is 0 Å². The van der Waals surface area contributed by atoms with Crippen LogP contribution in [-0.4, -0.2) is 0 Å². The van der Waals surface area contributed by atoms with Gasteiger partial charge in [0.25, 0.3) is 0 Å². The van der Waals surface area contributed by atoms with Crippen LogP contribution in [0.5, 0.6) is 0 Å². The molecule has 0 aliphatic rings. The van der Waals surface area contributed by atoms with Gasteiger partial charge in [0, 0.05) is 27.4 Å². The molecule has 3 nitrogen and oxygen atoms in total. The van der Waals surface area contributed by atoms with Gasteiger partial charge in [0.15, 0.2) is 0 Å². The molecule has 0 N–H and O–H groups in total. The third-order valence-corrected chi connectivity index (χ3v) is 4.19. The van der Waals surface area contributed by atoms with Crippen molar-refractivity contribution in [2.75, 3.05) is 0 Å². The van der Waals surface area contributed by atoms with Crippen molar-refractivity contribution < 1.29 is 8.83 Å². The van der Waals surface area contributed by atoms with Crippen LogP contribution in [0.25, 0.3) is 33.3 Å². The summed E-state index contributed by atoms with van der Waals surface area (Å²) >= 11 is 6.03. The van der Waals surface area contributed by atoms with Gasteiger partial charge in [0.2, 0.25) is 0 Å². The second kappa shape index (κ2) is 5.28. The van der Waals surface area contributed by atoms with Crippen LogP contribution in [0.2, 0.25) is 5.02 Å². The fraction of sp³-hybridized carbons (Fsp3) is 0.105. The number of furan rings is 1. The lowest BCUT2D eigenvalue weighted by Gasteiger charge is -2.04. The van der Waals surface area contributed by atoms with Crippen molar-refractivity contribution in [2.45, 2.75) is 13.3 Å². The lowest BCUT2D eigenvalue weighted by atomic mass is 10.0. The lowest BCUT2D eigenvalue weighted by molar-refractivity contribution is 0.559. The van der Waals surface area contributed by atoms with Crippen LogP contribution < -0.4 is 5.63 Å². The Morgan fingerprint density at radius 3 is 2.61 bits per heavy atom. The number of hydrogen-bond donors (Lipinski definition) is 0. The Hall–Kier alpha value is -2.52. The highest BCUT2D eigenvalue weighted by Crippen LogP contribution is 2.33.